The molecule has 2 aliphatic carbocycles. The first-order chi connectivity index (χ1) is 12.5. The fourth-order valence-corrected chi connectivity index (χ4v) is 5.93. The number of rotatable bonds is 7. The van der Waals surface area contributed by atoms with E-state index < -0.39 is 26.7 Å². The summed E-state index contributed by atoms with van der Waals surface area (Å²) in [5.74, 6) is 0. The molecule has 0 radical (unpaired) electrons. The van der Waals surface area contributed by atoms with Crippen LogP contribution in [0.1, 0.15) is 77.0 Å². The molecule has 0 aromatic heterocycles. The number of nitrogens with one attached hydrogen (secondary N) is 1. The third-order valence-electron chi connectivity index (χ3n) is 5.33. The molecule has 0 aromatic carbocycles. The van der Waals surface area contributed by atoms with Gasteiger partial charge < -0.3 is 35.7 Å². The molecule has 27 heavy (non-hydrogen) atoms. The smallest absolute Gasteiger partial charge is 0.368 e. The van der Waals surface area contributed by atoms with Gasteiger partial charge in [-0.05, 0) is 38.6 Å². The normalized spacial score (nSPS) is 20.8. The Kier molecular flexibility index (Phi) is 10.6. The largest absolute Gasteiger partial charge is 0.369 e. The Bertz CT molecular complexity index is 473. The highest BCUT2D eigenvalue weighted by Crippen LogP contribution is 2.69. The van der Waals surface area contributed by atoms with Crippen LogP contribution in [0.4, 0.5) is 0 Å². The molecule has 2 saturated carbocycles. The third-order valence-corrected chi connectivity index (χ3v) is 9.21. The number of aliphatic hydroxyl groups is 1. The van der Waals surface area contributed by atoms with Crippen molar-refractivity contribution in [2.45, 2.75) is 94.2 Å². The average molecular weight is 430 g/mol. The summed E-state index contributed by atoms with van der Waals surface area (Å²) >= 11 is 0. The fourth-order valence-electron chi connectivity index (χ4n) is 3.67. The summed E-state index contributed by atoms with van der Waals surface area (Å²) in [6.45, 7) is -0.0394. The quantitative estimate of drug-likeness (QED) is 0.298. The first-order valence-corrected chi connectivity index (χ1v) is 13.0. The Balaban J connectivity index is 0.000000270. The highest BCUT2D eigenvalue weighted by atomic mass is 31.2. The molecular formula is C16H36N2O7P2. The summed E-state index contributed by atoms with van der Waals surface area (Å²) in [6.07, 6.45) is 13.7. The maximum absolute atomic E-state index is 10.7. The van der Waals surface area contributed by atoms with Gasteiger partial charge in [-0.25, -0.2) is 0 Å². The van der Waals surface area contributed by atoms with Gasteiger partial charge in [0.05, 0.1) is 0 Å². The van der Waals surface area contributed by atoms with E-state index >= 15 is 0 Å². The maximum Gasteiger partial charge on any atom is 0.369 e. The van der Waals surface area contributed by atoms with E-state index in [0.717, 1.165) is 12.1 Å². The summed E-state index contributed by atoms with van der Waals surface area (Å²) < 4.78 is 21.4. The molecule has 0 unspecified atom stereocenters. The summed E-state index contributed by atoms with van der Waals surface area (Å²) in [4.78, 5) is 34.5. The van der Waals surface area contributed by atoms with Gasteiger partial charge in [0.2, 0.25) is 0 Å². The van der Waals surface area contributed by atoms with Crippen LogP contribution in [-0.4, -0.2) is 48.4 Å². The molecule has 2 rings (SSSR count). The van der Waals surface area contributed by atoms with Crippen molar-refractivity contribution in [2.75, 3.05) is 6.54 Å². The molecule has 0 saturated heterocycles. The minimum absolute atomic E-state index is 0.0394. The van der Waals surface area contributed by atoms with Crippen LogP contribution in [0.2, 0.25) is 0 Å². The number of hydrogen-bond acceptors (Lipinski definition) is 5. The van der Waals surface area contributed by atoms with Crippen LogP contribution >= 0.6 is 15.2 Å². The Morgan fingerprint density at radius 2 is 1.19 bits per heavy atom. The third kappa shape index (κ3) is 8.21. The summed E-state index contributed by atoms with van der Waals surface area (Å²) in [7, 11) is -10.6. The van der Waals surface area contributed by atoms with Crippen molar-refractivity contribution in [1.82, 2.24) is 5.32 Å². The highest BCUT2D eigenvalue weighted by molar-refractivity contribution is 7.72. The van der Waals surface area contributed by atoms with Crippen LogP contribution in [0.25, 0.3) is 0 Å². The molecular weight excluding hydrogens is 394 g/mol. The van der Waals surface area contributed by atoms with E-state index in [1.165, 1.54) is 64.2 Å². The second-order valence-electron chi connectivity index (χ2n) is 7.59. The lowest BCUT2D eigenvalue weighted by Gasteiger charge is -2.30. The minimum Gasteiger partial charge on any atom is -0.368 e. The Labute approximate surface area is 161 Å². The lowest BCUT2D eigenvalue weighted by Crippen LogP contribution is -2.40. The predicted molar refractivity (Wildman–Crippen MR) is 104 cm³/mol. The molecule has 0 heterocycles. The monoisotopic (exact) mass is 430 g/mol. The van der Waals surface area contributed by atoms with Crippen molar-refractivity contribution in [3.05, 3.63) is 0 Å². The average Bonchev–Trinajstić information content (AvgIpc) is 2.60. The van der Waals surface area contributed by atoms with Crippen molar-refractivity contribution < 1.29 is 33.8 Å². The molecule has 0 aliphatic heterocycles. The lowest BCUT2D eigenvalue weighted by molar-refractivity contribution is 0.121. The van der Waals surface area contributed by atoms with Crippen molar-refractivity contribution in [1.29, 1.82) is 0 Å². The molecule has 2 fully saturated rings. The van der Waals surface area contributed by atoms with Gasteiger partial charge in [-0.3, -0.25) is 9.13 Å². The summed E-state index contributed by atoms with van der Waals surface area (Å²) in [6, 6.07) is 1.74. The highest BCUT2D eigenvalue weighted by Gasteiger charge is 2.58. The number of nitrogens with two attached hydrogens (primary N) is 1. The second-order valence-corrected chi connectivity index (χ2v) is 11.6. The summed E-state index contributed by atoms with van der Waals surface area (Å²) in [5, 5.41) is 9.77. The van der Waals surface area contributed by atoms with Crippen molar-refractivity contribution >= 4 is 15.2 Å². The fraction of sp³-hybridized carbons (Fsp3) is 1.00. The first kappa shape index (κ1) is 25.2. The Morgan fingerprint density at radius 3 is 1.48 bits per heavy atom. The molecule has 0 spiro atoms. The van der Waals surface area contributed by atoms with Gasteiger partial charge in [-0.15, -0.1) is 0 Å². The van der Waals surface area contributed by atoms with Gasteiger partial charge in [0, 0.05) is 18.5 Å². The zero-order valence-corrected chi connectivity index (χ0v) is 17.7. The maximum atomic E-state index is 10.7. The molecule has 8 N–H and O–H groups in total. The molecule has 9 nitrogen and oxygen atoms in total. The minimum atomic E-state index is -5.30. The second kappa shape index (κ2) is 11.4. The standard InChI is InChI=1S/C12H23N.C4H13NO7P2/c1-3-7-11(8-4-1)13-12-9-5-2-6-10-12;5-3-1-2-4(6,13(7,8)9)14(10,11)12/h11-13H,1-10H2;6H,1-3,5H2,(H2,7,8,9)(H2,10,11,12). The van der Waals surface area contributed by atoms with E-state index in [1.54, 1.807) is 0 Å². The van der Waals surface area contributed by atoms with Crippen LogP contribution in [0.3, 0.4) is 0 Å². The zero-order chi connectivity index (χ0) is 20.6. The molecule has 11 heteroatoms. The van der Waals surface area contributed by atoms with Crippen LogP contribution in [0, 0.1) is 0 Å². The molecule has 0 aromatic rings. The van der Waals surface area contributed by atoms with Crippen molar-refractivity contribution in [3.8, 4) is 0 Å². The van der Waals surface area contributed by atoms with Crippen LogP contribution in [0.15, 0.2) is 0 Å². The zero-order valence-electron chi connectivity index (χ0n) is 15.9. The van der Waals surface area contributed by atoms with Gasteiger partial charge in [0.1, 0.15) is 0 Å². The van der Waals surface area contributed by atoms with Crippen LogP contribution < -0.4 is 11.1 Å². The Morgan fingerprint density at radius 1 is 0.815 bits per heavy atom. The molecule has 162 valence electrons. The SMILES string of the molecule is C1CCC(NC2CCCCC2)CC1.NCCCC(O)(P(=O)(O)O)P(=O)(O)O. The predicted octanol–water partition coefficient (Wildman–Crippen LogP) is 1.97. The lowest BCUT2D eigenvalue weighted by atomic mass is 9.91. The van der Waals surface area contributed by atoms with Gasteiger partial charge in [0.15, 0.2) is 0 Å². The molecule has 2 aliphatic rings. The molecule has 0 bridgehead atoms. The van der Waals surface area contributed by atoms with Gasteiger partial charge >= 0.3 is 15.2 Å². The first-order valence-electron chi connectivity index (χ1n) is 9.81. The van der Waals surface area contributed by atoms with E-state index in [4.69, 9.17) is 25.3 Å². The van der Waals surface area contributed by atoms with Gasteiger partial charge in [0.25, 0.3) is 5.08 Å². The molecule has 0 atom stereocenters. The number of hydrogen-bond donors (Lipinski definition) is 7. The van der Waals surface area contributed by atoms with E-state index in [9.17, 15) is 14.2 Å². The van der Waals surface area contributed by atoms with E-state index in [-0.39, 0.29) is 13.0 Å². The van der Waals surface area contributed by atoms with E-state index in [2.05, 4.69) is 5.32 Å². The topological polar surface area (TPSA) is 173 Å². The van der Waals surface area contributed by atoms with Crippen molar-refractivity contribution in [2.24, 2.45) is 5.73 Å². The van der Waals surface area contributed by atoms with E-state index in [1.807, 2.05) is 0 Å². The van der Waals surface area contributed by atoms with Gasteiger partial charge in [-0.2, -0.15) is 0 Å². The summed E-state index contributed by atoms with van der Waals surface area (Å²) in [5.41, 5.74) is 5.01. The van der Waals surface area contributed by atoms with Crippen LogP contribution in [-0.2, 0) is 9.13 Å². The van der Waals surface area contributed by atoms with Crippen molar-refractivity contribution in [3.63, 3.8) is 0 Å². The molecule has 0 amide bonds. The van der Waals surface area contributed by atoms with Gasteiger partial charge in [-0.1, -0.05) is 38.5 Å². The Hall–Kier alpha value is 0.180. The van der Waals surface area contributed by atoms with E-state index in [0.29, 0.717) is 0 Å². The van der Waals surface area contributed by atoms with Crippen LogP contribution in [0.5, 0.6) is 0 Å².